The fraction of sp³-hybridized carbons (Fsp3) is 0. The Kier molecular flexibility index (Phi) is 6.41. The molecule has 60 heavy (non-hydrogen) atoms. The third-order valence-corrected chi connectivity index (χ3v) is 13.7. The lowest BCUT2D eigenvalue weighted by Gasteiger charge is -2.17. The van der Waals surface area contributed by atoms with Gasteiger partial charge in [0.15, 0.2) is 17.5 Å². The van der Waals surface area contributed by atoms with Crippen molar-refractivity contribution in [3.8, 4) is 34.2 Å². The number of nitrogens with zero attached hydrogens (tertiary/aromatic N) is 3. The minimum absolute atomic E-state index is 0.614. The van der Waals surface area contributed by atoms with Crippen LogP contribution in [0, 0.1) is 0 Å². The first kappa shape index (κ1) is 32.3. The summed E-state index contributed by atoms with van der Waals surface area (Å²) in [6.07, 6.45) is 0. The predicted octanol–water partition coefficient (Wildman–Crippen LogP) is 15.5. The van der Waals surface area contributed by atoms with Crippen molar-refractivity contribution in [1.82, 2.24) is 15.0 Å². The number of thiophene rings is 1. The number of rotatable bonds is 3. The van der Waals surface area contributed by atoms with Gasteiger partial charge in [0.1, 0.15) is 11.2 Å². The smallest absolute Gasteiger partial charge is 0.164 e. The SMILES string of the molecule is c1ccc2c(c1)oc1ccc(-c3nc(-c4ccc5c(c4)sc4ccccc45)nc(-c4cc5ccc6cccc7c8cccc9ccc%10cccc(c(c4)c5c67)c%10c98)n3)cc12. The first-order valence-electron chi connectivity index (χ1n) is 20.2. The van der Waals surface area contributed by atoms with Crippen molar-refractivity contribution in [1.29, 1.82) is 0 Å². The van der Waals surface area contributed by atoms with Crippen molar-refractivity contribution < 1.29 is 4.42 Å². The quantitative estimate of drug-likeness (QED) is 0.168. The summed E-state index contributed by atoms with van der Waals surface area (Å²) in [5, 5.41) is 19.4. The van der Waals surface area contributed by atoms with Gasteiger partial charge in [0.2, 0.25) is 0 Å². The molecule has 0 aliphatic carbocycles. The maximum Gasteiger partial charge on any atom is 0.164 e. The van der Waals surface area contributed by atoms with E-state index in [0.717, 1.165) is 44.0 Å². The Morgan fingerprint density at radius 2 is 0.800 bits per heavy atom. The van der Waals surface area contributed by atoms with Gasteiger partial charge < -0.3 is 4.42 Å². The van der Waals surface area contributed by atoms with Gasteiger partial charge in [0, 0.05) is 47.6 Å². The van der Waals surface area contributed by atoms with E-state index in [4.69, 9.17) is 19.4 Å². The number of benzene rings is 10. The van der Waals surface area contributed by atoms with Gasteiger partial charge in [-0.05, 0) is 113 Å². The molecule has 14 rings (SSSR count). The molecule has 276 valence electrons. The summed E-state index contributed by atoms with van der Waals surface area (Å²) >= 11 is 1.80. The fourth-order valence-electron chi connectivity index (χ4n) is 9.91. The zero-order chi connectivity index (χ0) is 39.1. The summed E-state index contributed by atoms with van der Waals surface area (Å²) in [5.41, 5.74) is 4.49. The minimum Gasteiger partial charge on any atom is -0.456 e. The van der Waals surface area contributed by atoms with Crippen LogP contribution in [0.15, 0.2) is 180 Å². The van der Waals surface area contributed by atoms with Gasteiger partial charge in [-0.15, -0.1) is 11.3 Å². The molecule has 14 aromatic rings. The van der Waals surface area contributed by atoms with Crippen LogP contribution >= 0.6 is 11.3 Å². The van der Waals surface area contributed by atoms with E-state index in [0.29, 0.717) is 17.5 Å². The Morgan fingerprint density at radius 3 is 1.52 bits per heavy atom. The first-order valence-corrected chi connectivity index (χ1v) is 21.1. The molecule has 0 saturated heterocycles. The molecule has 0 unspecified atom stereocenters. The monoisotopic (exact) mass is 779 g/mol. The molecule has 0 amide bonds. The lowest BCUT2D eigenvalue weighted by molar-refractivity contribution is 0.669. The Labute approximate surface area is 345 Å². The molecule has 0 bridgehead atoms. The summed E-state index contributed by atoms with van der Waals surface area (Å²) in [6, 6.07) is 63.4. The normalized spacial score (nSPS) is 12.3. The largest absolute Gasteiger partial charge is 0.456 e. The van der Waals surface area contributed by atoms with Crippen molar-refractivity contribution in [2.45, 2.75) is 0 Å². The third kappa shape index (κ3) is 4.52. The van der Waals surface area contributed by atoms with Crippen molar-refractivity contribution in [2.24, 2.45) is 0 Å². The number of fused-ring (bicyclic) bond motifs is 8. The van der Waals surface area contributed by atoms with Crippen molar-refractivity contribution in [2.75, 3.05) is 0 Å². The molecule has 4 nitrogen and oxygen atoms in total. The second-order valence-corrected chi connectivity index (χ2v) is 17.0. The van der Waals surface area contributed by atoms with E-state index in [2.05, 4.69) is 158 Å². The molecule has 0 fully saturated rings. The summed E-state index contributed by atoms with van der Waals surface area (Å²) in [4.78, 5) is 15.9. The molecule has 0 atom stereocenters. The van der Waals surface area contributed by atoms with Crippen molar-refractivity contribution in [3.63, 3.8) is 0 Å². The van der Waals surface area contributed by atoms with Crippen LogP contribution in [-0.2, 0) is 0 Å². The Balaban J connectivity index is 1.09. The predicted molar refractivity (Wildman–Crippen MR) is 253 cm³/mol. The molecule has 0 N–H and O–H groups in total. The van der Waals surface area contributed by atoms with Gasteiger partial charge in [-0.3, -0.25) is 0 Å². The molecule has 3 aromatic heterocycles. The highest BCUT2D eigenvalue weighted by Crippen LogP contribution is 2.45. The molecule has 5 heteroatoms. The van der Waals surface area contributed by atoms with Gasteiger partial charge >= 0.3 is 0 Å². The highest BCUT2D eigenvalue weighted by atomic mass is 32.1. The maximum atomic E-state index is 6.23. The number of furan rings is 1. The molecule has 0 saturated carbocycles. The lowest BCUT2D eigenvalue weighted by atomic mass is 9.87. The standard InChI is InChI=1S/C55H29N3OS/c1-3-16-45-37(11-1)43-27-34(23-25-46(43)59-45)53-56-54(35-22-24-39-38-12-2-4-17-47(38)60-48(39)29-35)58-55(57-53)36-26-33-21-20-32-9-6-14-41-40-13-5-8-30-18-19-31-10-7-15-42(51(31)49(30)40)44(28-36)52(33)50(32)41/h1-29H. The highest BCUT2D eigenvalue weighted by Gasteiger charge is 2.20. The van der Waals surface area contributed by atoms with Crippen LogP contribution in [0.4, 0.5) is 0 Å². The van der Waals surface area contributed by atoms with E-state index in [9.17, 15) is 0 Å². The molecular weight excluding hydrogens is 751 g/mol. The van der Waals surface area contributed by atoms with Crippen LogP contribution < -0.4 is 0 Å². The average Bonchev–Trinajstić information content (AvgIpc) is 3.87. The van der Waals surface area contributed by atoms with Gasteiger partial charge in [-0.25, -0.2) is 15.0 Å². The van der Waals surface area contributed by atoms with E-state index in [1.165, 1.54) is 79.4 Å². The first-order chi connectivity index (χ1) is 29.7. The van der Waals surface area contributed by atoms with Crippen molar-refractivity contribution >= 4 is 118 Å². The summed E-state index contributed by atoms with van der Waals surface area (Å²) in [6.45, 7) is 0. The molecule has 0 aliphatic heterocycles. The molecular formula is C55H29N3OS. The number of para-hydroxylation sites is 1. The lowest BCUT2D eigenvalue weighted by Crippen LogP contribution is -2.00. The second kappa shape index (κ2) is 11.9. The molecule has 11 aromatic carbocycles. The molecule has 3 heterocycles. The zero-order valence-electron chi connectivity index (χ0n) is 31.9. The van der Waals surface area contributed by atoms with Crippen LogP contribution in [0.25, 0.3) is 141 Å². The van der Waals surface area contributed by atoms with E-state index < -0.39 is 0 Å². The third-order valence-electron chi connectivity index (χ3n) is 12.6. The van der Waals surface area contributed by atoms with Crippen LogP contribution in [-0.4, -0.2) is 15.0 Å². The summed E-state index contributed by atoms with van der Waals surface area (Å²) in [7, 11) is 0. The fourth-order valence-corrected chi connectivity index (χ4v) is 11.1. The van der Waals surface area contributed by atoms with E-state index in [1.54, 1.807) is 11.3 Å². The molecule has 0 radical (unpaired) electrons. The van der Waals surface area contributed by atoms with Crippen LogP contribution in [0.2, 0.25) is 0 Å². The van der Waals surface area contributed by atoms with Gasteiger partial charge in [-0.1, -0.05) is 127 Å². The Bertz CT molecular complexity index is 4140. The molecule has 0 aliphatic rings. The summed E-state index contributed by atoms with van der Waals surface area (Å²) in [5.74, 6) is 1.88. The second-order valence-electron chi connectivity index (χ2n) is 15.9. The Hall–Kier alpha value is -7.73. The molecule has 0 spiro atoms. The topological polar surface area (TPSA) is 51.8 Å². The van der Waals surface area contributed by atoms with Gasteiger partial charge in [0.05, 0.1) is 0 Å². The van der Waals surface area contributed by atoms with E-state index >= 15 is 0 Å². The van der Waals surface area contributed by atoms with Crippen LogP contribution in [0.5, 0.6) is 0 Å². The van der Waals surface area contributed by atoms with Gasteiger partial charge in [0.25, 0.3) is 0 Å². The van der Waals surface area contributed by atoms with Crippen LogP contribution in [0.3, 0.4) is 0 Å². The van der Waals surface area contributed by atoms with Crippen molar-refractivity contribution in [3.05, 3.63) is 176 Å². The number of hydrogen-bond acceptors (Lipinski definition) is 5. The summed E-state index contributed by atoms with van der Waals surface area (Å²) < 4.78 is 8.70. The zero-order valence-corrected chi connectivity index (χ0v) is 32.7. The Morgan fingerprint density at radius 1 is 0.300 bits per heavy atom. The number of aromatic nitrogens is 3. The number of hydrogen-bond donors (Lipinski definition) is 0. The minimum atomic E-state index is 0.614. The van der Waals surface area contributed by atoms with Crippen LogP contribution in [0.1, 0.15) is 0 Å². The van der Waals surface area contributed by atoms with E-state index in [1.807, 2.05) is 18.2 Å². The average molecular weight is 780 g/mol. The maximum absolute atomic E-state index is 6.23. The highest BCUT2D eigenvalue weighted by molar-refractivity contribution is 7.25. The van der Waals surface area contributed by atoms with Gasteiger partial charge in [-0.2, -0.15) is 0 Å². The van der Waals surface area contributed by atoms with E-state index in [-0.39, 0.29) is 0 Å².